The van der Waals surface area contributed by atoms with Gasteiger partial charge in [0.1, 0.15) is 11.9 Å². The van der Waals surface area contributed by atoms with Crippen molar-refractivity contribution in [2.45, 2.75) is 65.6 Å². The standard InChI is InChI=1S/C24H31FN2O2/c1-6-21(23(29)26-24(3,4)5)27(16-19-13-8-7-11-17(19)2)22(28)15-18-12-9-10-14-20(18)25/h7-14,21H,6,15-16H2,1-5H3,(H,26,29). The number of halogens is 1. The maximum Gasteiger partial charge on any atom is 0.243 e. The average molecular weight is 399 g/mol. The third-order valence-electron chi connectivity index (χ3n) is 4.79. The zero-order valence-electron chi connectivity index (χ0n) is 18.0. The van der Waals surface area contributed by atoms with Crippen molar-refractivity contribution in [3.05, 3.63) is 71.0 Å². The number of hydrogen-bond donors (Lipinski definition) is 1. The van der Waals surface area contributed by atoms with Crippen LogP contribution in [0.4, 0.5) is 4.39 Å². The number of aryl methyl sites for hydroxylation is 1. The van der Waals surface area contributed by atoms with E-state index >= 15 is 0 Å². The molecule has 2 amide bonds. The van der Waals surface area contributed by atoms with Gasteiger partial charge in [0, 0.05) is 12.1 Å². The second kappa shape index (κ2) is 9.68. The highest BCUT2D eigenvalue weighted by Crippen LogP contribution is 2.18. The molecular formula is C24H31FN2O2. The lowest BCUT2D eigenvalue weighted by Crippen LogP contribution is -2.53. The molecule has 0 aromatic heterocycles. The molecule has 2 rings (SSSR count). The van der Waals surface area contributed by atoms with Gasteiger partial charge in [0.2, 0.25) is 11.8 Å². The fourth-order valence-corrected chi connectivity index (χ4v) is 3.25. The number of rotatable bonds is 7. The van der Waals surface area contributed by atoms with Crippen LogP contribution in [0, 0.1) is 12.7 Å². The molecule has 0 heterocycles. The minimum absolute atomic E-state index is 0.0855. The van der Waals surface area contributed by atoms with Crippen molar-refractivity contribution in [3.8, 4) is 0 Å². The molecule has 1 atom stereocenters. The zero-order valence-corrected chi connectivity index (χ0v) is 18.0. The Morgan fingerprint density at radius 3 is 2.17 bits per heavy atom. The molecule has 0 saturated carbocycles. The maximum absolute atomic E-state index is 14.1. The SMILES string of the molecule is CCC(C(=O)NC(C)(C)C)N(Cc1ccccc1C)C(=O)Cc1ccccc1F. The molecule has 5 heteroatoms. The van der Waals surface area contributed by atoms with Crippen molar-refractivity contribution >= 4 is 11.8 Å². The fraction of sp³-hybridized carbons (Fsp3) is 0.417. The molecule has 0 aliphatic carbocycles. The smallest absolute Gasteiger partial charge is 0.243 e. The molecule has 0 radical (unpaired) electrons. The summed E-state index contributed by atoms with van der Waals surface area (Å²) in [5, 5.41) is 2.97. The van der Waals surface area contributed by atoms with Gasteiger partial charge in [0.15, 0.2) is 0 Å². The number of carbonyl (C=O) groups is 2. The van der Waals surface area contributed by atoms with E-state index in [4.69, 9.17) is 0 Å². The summed E-state index contributed by atoms with van der Waals surface area (Å²) in [6, 6.07) is 13.4. The summed E-state index contributed by atoms with van der Waals surface area (Å²) < 4.78 is 14.1. The van der Waals surface area contributed by atoms with E-state index in [2.05, 4.69) is 5.32 Å². The van der Waals surface area contributed by atoms with Gasteiger partial charge in [-0.3, -0.25) is 9.59 Å². The summed E-state index contributed by atoms with van der Waals surface area (Å²) in [6.45, 7) is 9.88. The monoisotopic (exact) mass is 398 g/mol. The minimum atomic E-state index is -0.631. The summed E-state index contributed by atoms with van der Waals surface area (Å²) in [7, 11) is 0. The van der Waals surface area contributed by atoms with Crippen molar-refractivity contribution in [3.63, 3.8) is 0 Å². The first-order valence-corrected chi connectivity index (χ1v) is 10.0. The Hall–Kier alpha value is -2.69. The van der Waals surface area contributed by atoms with E-state index < -0.39 is 17.4 Å². The topological polar surface area (TPSA) is 49.4 Å². The van der Waals surface area contributed by atoms with Crippen LogP contribution >= 0.6 is 0 Å². The van der Waals surface area contributed by atoms with E-state index in [1.807, 2.05) is 58.9 Å². The highest BCUT2D eigenvalue weighted by molar-refractivity contribution is 5.88. The minimum Gasteiger partial charge on any atom is -0.350 e. The second-order valence-corrected chi connectivity index (χ2v) is 8.38. The molecule has 2 aromatic rings. The van der Waals surface area contributed by atoms with E-state index in [0.29, 0.717) is 18.5 Å². The first-order chi connectivity index (χ1) is 13.6. The van der Waals surface area contributed by atoms with Gasteiger partial charge in [0.05, 0.1) is 6.42 Å². The first kappa shape index (κ1) is 22.6. The van der Waals surface area contributed by atoms with Crippen molar-refractivity contribution in [2.75, 3.05) is 0 Å². The van der Waals surface area contributed by atoms with Crippen LogP contribution in [0.2, 0.25) is 0 Å². The molecule has 0 aliphatic rings. The van der Waals surface area contributed by atoms with E-state index in [1.54, 1.807) is 23.1 Å². The van der Waals surface area contributed by atoms with Gasteiger partial charge in [-0.1, -0.05) is 49.4 Å². The van der Waals surface area contributed by atoms with E-state index in [-0.39, 0.29) is 18.2 Å². The summed E-state index contributed by atoms with van der Waals surface area (Å²) in [6.07, 6.45) is 0.384. The average Bonchev–Trinajstić information content (AvgIpc) is 2.63. The molecular weight excluding hydrogens is 367 g/mol. The highest BCUT2D eigenvalue weighted by Gasteiger charge is 2.31. The highest BCUT2D eigenvalue weighted by atomic mass is 19.1. The Morgan fingerprint density at radius 2 is 1.62 bits per heavy atom. The van der Waals surface area contributed by atoms with Crippen LogP contribution < -0.4 is 5.32 Å². The Bertz CT molecular complexity index is 858. The second-order valence-electron chi connectivity index (χ2n) is 8.38. The molecule has 0 spiro atoms. The number of nitrogens with zero attached hydrogens (tertiary/aromatic N) is 1. The van der Waals surface area contributed by atoms with Crippen LogP contribution in [-0.2, 0) is 22.6 Å². The number of amides is 2. The van der Waals surface area contributed by atoms with E-state index in [0.717, 1.165) is 11.1 Å². The molecule has 0 fully saturated rings. The quantitative estimate of drug-likeness (QED) is 0.752. The summed E-state index contributed by atoms with van der Waals surface area (Å²) in [5.41, 5.74) is 1.94. The number of hydrogen-bond acceptors (Lipinski definition) is 2. The van der Waals surface area contributed by atoms with E-state index in [9.17, 15) is 14.0 Å². The van der Waals surface area contributed by atoms with Gasteiger partial charge in [0.25, 0.3) is 0 Å². The van der Waals surface area contributed by atoms with Gasteiger partial charge >= 0.3 is 0 Å². The van der Waals surface area contributed by atoms with Crippen molar-refractivity contribution in [1.29, 1.82) is 0 Å². The Kier molecular flexibility index (Phi) is 7.54. The summed E-state index contributed by atoms with van der Waals surface area (Å²) >= 11 is 0. The van der Waals surface area contributed by atoms with Gasteiger partial charge in [-0.05, 0) is 56.9 Å². The molecule has 0 aliphatic heterocycles. The third-order valence-corrected chi connectivity index (χ3v) is 4.79. The molecule has 156 valence electrons. The predicted octanol–water partition coefficient (Wildman–Crippen LogP) is 4.40. The van der Waals surface area contributed by atoms with Crippen molar-refractivity contribution in [2.24, 2.45) is 0 Å². The van der Waals surface area contributed by atoms with Crippen LogP contribution in [0.1, 0.15) is 50.8 Å². The van der Waals surface area contributed by atoms with Gasteiger partial charge in [-0.2, -0.15) is 0 Å². The lowest BCUT2D eigenvalue weighted by molar-refractivity contribution is -0.141. The number of carbonyl (C=O) groups excluding carboxylic acids is 2. The molecule has 2 aromatic carbocycles. The van der Waals surface area contributed by atoms with Crippen molar-refractivity contribution < 1.29 is 14.0 Å². The summed E-state index contributed by atoms with van der Waals surface area (Å²) in [5.74, 6) is -0.881. The van der Waals surface area contributed by atoms with Crippen LogP contribution in [0.15, 0.2) is 48.5 Å². The number of nitrogens with one attached hydrogen (secondary N) is 1. The van der Waals surface area contributed by atoms with E-state index in [1.165, 1.54) is 6.07 Å². The third kappa shape index (κ3) is 6.41. The predicted molar refractivity (Wildman–Crippen MR) is 114 cm³/mol. The Balaban J connectivity index is 2.35. The van der Waals surface area contributed by atoms with Crippen LogP contribution in [0.3, 0.4) is 0 Å². The van der Waals surface area contributed by atoms with Crippen LogP contribution in [0.5, 0.6) is 0 Å². The van der Waals surface area contributed by atoms with Crippen LogP contribution in [0.25, 0.3) is 0 Å². The Labute approximate surface area is 173 Å². The van der Waals surface area contributed by atoms with Gasteiger partial charge in [-0.25, -0.2) is 4.39 Å². The maximum atomic E-state index is 14.1. The summed E-state index contributed by atoms with van der Waals surface area (Å²) in [4.78, 5) is 27.8. The molecule has 29 heavy (non-hydrogen) atoms. The zero-order chi connectivity index (χ0) is 21.6. The largest absolute Gasteiger partial charge is 0.350 e. The normalized spacial score (nSPS) is 12.3. The molecule has 0 bridgehead atoms. The molecule has 4 nitrogen and oxygen atoms in total. The van der Waals surface area contributed by atoms with Crippen LogP contribution in [-0.4, -0.2) is 28.3 Å². The Morgan fingerprint density at radius 1 is 1.03 bits per heavy atom. The van der Waals surface area contributed by atoms with Crippen molar-refractivity contribution in [1.82, 2.24) is 10.2 Å². The fourth-order valence-electron chi connectivity index (χ4n) is 3.25. The molecule has 1 unspecified atom stereocenters. The molecule has 1 N–H and O–H groups in total. The lowest BCUT2D eigenvalue weighted by Gasteiger charge is -2.33. The first-order valence-electron chi connectivity index (χ1n) is 10.0. The van der Waals surface area contributed by atoms with Gasteiger partial charge in [-0.15, -0.1) is 0 Å². The van der Waals surface area contributed by atoms with Gasteiger partial charge < -0.3 is 10.2 Å². The molecule has 0 saturated heterocycles. The number of benzene rings is 2. The lowest BCUT2D eigenvalue weighted by atomic mass is 10.0.